The van der Waals surface area contributed by atoms with Gasteiger partial charge in [0.25, 0.3) is 0 Å². The fourth-order valence-electron chi connectivity index (χ4n) is 2.63. The van der Waals surface area contributed by atoms with Crippen molar-refractivity contribution in [1.29, 1.82) is 0 Å². The van der Waals surface area contributed by atoms with Crippen LogP contribution < -0.4 is 5.32 Å². The molecule has 1 aromatic heterocycles. The maximum atomic E-state index is 13.5. The van der Waals surface area contributed by atoms with E-state index in [0.29, 0.717) is 11.3 Å². The maximum absolute atomic E-state index is 13.5. The second kappa shape index (κ2) is 5.72. The molecule has 1 saturated heterocycles. The zero-order chi connectivity index (χ0) is 13.1. The van der Waals surface area contributed by atoms with Gasteiger partial charge < -0.3 is 14.6 Å². The van der Waals surface area contributed by atoms with Crippen LogP contribution in [0, 0.1) is 11.7 Å². The van der Waals surface area contributed by atoms with Gasteiger partial charge in [0, 0.05) is 37.8 Å². The highest BCUT2D eigenvalue weighted by atomic mass is 19.1. The first kappa shape index (κ1) is 12.6. The molecule has 1 unspecified atom stereocenters. The molecule has 1 atom stereocenters. The largest absolute Gasteiger partial charge is 0.381 e. The molecular weight excluding hydrogens is 243 g/mol. The maximum Gasteiger partial charge on any atom is 0.132 e. The number of rotatable bonds is 5. The molecule has 0 bridgehead atoms. The monoisotopic (exact) mass is 262 g/mol. The molecular formula is C15H19FN2O. The minimum atomic E-state index is -0.146. The van der Waals surface area contributed by atoms with Gasteiger partial charge in [-0.3, -0.25) is 0 Å². The quantitative estimate of drug-likeness (QED) is 0.837. The molecule has 102 valence electrons. The van der Waals surface area contributed by atoms with Crippen LogP contribution in [0.5, 0.6) is 0 Å². The normalized spacial score (nSPS) is 19.3. The van der Waals surface area contributed by atoms with E-state index in [1.165, 1.54) is 6.07 Å². The van der Waals surface area contributed by atoms with Gasteiger partial charge in [0.1, 0.15) is 5.82 Å². The summed E-state index contributed by atoms with van der Waals surface area (Å²) in [6.45, 7) is 4.55. The predicted molar refractivity (Wildman–Crippen MR) is 73.7 cm³/mol. The third kappa shape index (κ3) is 2.80. The van der Waals surface area contributed by atoms with Crippen molar-refractivity contribution in [2.75, 3.05) is 26.3 Å². The molecule has 1 N–H and O–H groups in total. The number of benzene rings is 1. The fraction of sp³-hybridized carbons (Fsp3) is 0.467. The van der Waals surface area contributed by atoms with E-state index in [-0.39, 0.29) is 5.82 Å². The molecule has 3 rings (SSSR count). The lowest BCUT2D eigenvalue weighted by molar-refractivity contribution is 0.185. The highest BCUT2D eigenvalue weighted by Crippen LogP contribution is 2.18. The standard InChI is InChI=1S/C15H19FN2O/c16-14-2-1-3-15-13(14)4-7-18(15)8-6-17-10-12-5-9-19-11-12/h1-4,7,12,17H,5-6,8-11H2. The zero-order valence-electron chi connectivity index (χ0n) is 10.9. The van der Waals surface area contributed by atoms with Crippen molar-refractivity contribution >= 4 is 10.9 Å². The first-order valence-electron chi connectivity index (χ1n) is 6.86. The molecule has 2 aromatic rings. The molecule has 19 heavy (non-hydrogen) atoms. The molecule has 0 saturated carbocycles. The molecule has 0 radical (unpaired) electrons. The van der Waals surface area contributed by atoms with Gasteiger partial charge >= 0.3 is 0 Å². The number of aromatic nitrogens is 1. The smallest absolute Gasteiger partial charge is 0.132 e. The molecule has 4 heteroatoms. The van der Waals surface area contributed by atoms with Crippen LogP contribution in [-0.2, 0) is 11.3 Å². The summed E-state index contributed by atoms with van der Waals surface area (Å²) in [7, 11) is 0. The summed E-state index contributed by atoms with van der Waals surface area (Å²) in [6.07, 6.45) is 3.11. The molecule has 3 nitrogen and oxygen atoms in total. The number of halogens is 1. The molecule has 0 aliphatic carbocycles. The Bertz CT molecular complexity index is 546. The Morgan fingerprint density at radius 2 is 2.32 bits per heavy atom. The lowest BCUT2D eigenvalue weighted by Gasteiger charge is -2.10. The summed E-state index contributed by atoms with van der Waals surface area (Å²) in [5, 5.41) is 4.15. The van der Waals surface area contributed by atoms with Gasteiger partial charge in [-0.15, -0.1) is 0 Å². The Kier molecular flexibility index (Phi) is 3.80. The average molecular weight is 262 g/mol. The first-order valence-corrected chi connectivity index (χ1v) is 6.86. The lowest BCUT2D eigenvalue weighted by atomic mass is 10.1. The van der Waals surface area contributed by atoms with Crippen molar-refractivity contribution in [2.45, 2.75) is 13.0 Å². The SMILES string of the molecule is Fc1cccc2c1ccn2CCNCC1CCOC1. The second-order valence-electron chi connectivity index (χ2n) is 5.12. The number of fused-ring (bicyclic) bond motifs is 1. The van der Waals surface area contributed by atoms with Crippen LogP contribution in [0.4, 0.5) is 4.39 Å². The Hall–Kier alpha value is -1.39. The van der Waals surface area contributed by atoms with E-state index >= 15 is 0 Å². The third-order valence-electron chi connectivity index (χ3n) is 3.75. The van der Waals surface area contributed by atoms with Crippen LogP contribution in [-0.4, -0.2) is 30.9 Å². The van der Waals surface area contributed by atoms with Gasteiger partial charge in [-0.25, -0.2) is 4.39 Å². The number of hydrogen-bond donors (Lipinski definition) is 1. The molecule has 1 aliphatic heterocycles. The number of hydrogen-bond acceptors (Lipinski definition) is 2. The first-order chi connectivity index (χ1) is 9.34. The summed E-state index contributed by atoms with van der Waals surface area (Å²) in [5.74, 6) is 0.506. The van der Waals surface area contributed by atoms with E-state index in [1.807, 2.05) is 18.3 Å². The highest BCUT2D eigenvalue weighted by molar-refractivity contribution is 5.80. The van der Waals surface area contributed by atoms with Crippen molar-refractivity contribution in [1.82, 2.24) is 9.88 Å². The summed E-state index contributed by atoms with van der Waals surface area (Å²) in [6, 6.07) is 7.07. The van der Waals surface area contributed by atoms with Crippen molar-refractivity contribution in [3.63, 3.8) is 0 Å². The average Bonchev–Trinajstić information content (AvgIpc) is 3.05. The topological polar surface area (TPSA) is 26.2 Å². The van der Waals surface area contributed by atoms with Crippen LogP contribution >= 0.6 is 0 Å². The minimum absolute atomic E-state index is 0.146. The molecule has 0 spiro atoms. The molecule has 1 aliphatic rings. The van der Waals surface area contributed by atoms with E-state index in [2.05, 4.69) is 9.88 Å². The van der Waals surface area contributed by atoms with Gasteiger partial charge in [-0.1, -0.05) is 6.07 Å². The van der Waals surface area contributed by atoms with Crippen LogP contribution in [0.15, 0.2) is 30.5 Å². The Morgan fingerprint density at radius 3 is 3.16 bits per heavy atom. The number of nitrogens with zero attached hydrogens (tertiary/aromatic N) is 1. The van der Waals surface area contributed by atoms with Gasteiger partial charge in [0.05, 0.1) is 12.1 Å². The minimum Gasteiger partial charge on any atom is -0.381 e. The van der Waals surface area contributed by atoms with E-state index in [4.69, 9.17) is 4.74 Å². The van der Waals surface area contributed by atoms with Gasteiger partial charge in [0.2, 0.25) is 0 Å². The Morgan fingerprint density at radius 1 is 1.37 bits per heavy atom. The highest BCUT2D eigenvalue weighted by Gasteiger charge is 2.14. The van der Waals surface area contributed by atoms with Crippen molar-refractivity contribution in [2.24, 2.45) is 5.92 Å². The zero-order valence-corrected chi connectivity index (χ0v) is 10.9. The van der Waals surface area contributed by atoms with Gasteiger partial charge in [-0.2, -0.15) is 0 Å². The van der Waals surface area contributed by atoms with Crippen LogP contribution in [0.3, 0.4) is 0 Å². The van der Waals surface area contributed by atoms with Gasteiger partial charge in [-0.05, 0) is 30.5 Å². The summed E-state index contributed by atoms with van der Waals surface area (Å²) < 4.78 is 21.0. The molecule has 0 amide bonds. The predicted octanol–water partition coefficient (Wildman–Crippen LogP) is 2.41. The van der Waals surface area contributed by atoms with Crippen molar-refractivity contribution < 1.29 is 9.13 Å². The number of ether oxygens (including phenoxy) is 1. The van der Waals surface area contributed by atoms with E-state index < -0.39 is 0 Å². The second-order valence-corrected chi connectivity index (χ2v) is 5.12. The fourth-order valence-corrected chi connectivity index (χ4v) is 2.63. The number of nitrogens with one attached hydrogen (secondary N) is 1. The molecule has 2 heterocycles. The summed E-state index contributed by atoms with van der Waals surface area (Å²) >= 11 is 0. The van der Waals surface area contributed by atoms with E-state index in [9.17, 15) is 4.39 Å². The van der Waals surface area contributed by atoms with Crippen molar-refractivity contribution in [3.8, 4) is 0 Å². The van der Waals surface area contributed by atoms with Gasteiger partial charge in [0.15, 0.2) is 0 Å². The van der Waals surface area contributed by atoms with Crippen LogP contribution in [0.1, 0.15) is 6.42 Å². The molecule has 1 fully saturated rings. The Balaban J connectivity index is 1.55. The summed E-state index contributed by atoms with van der Waals surface area (Å²) in [5.41, 5.74) is 0.964. The Labute approximate surface area is 112 Å². The van der Waals surface area contributed by atoms with E-state index in [0.717, 1.165) is 44.8 Å². The van der Waals surface area contributed by atoms with Crippen molar-refractivity contribution in [3.05, 3.63) is 36.3 Å². The lowest BCUT2D eigenvalue weighted by Crippen LogP contribution is -2.26. The molecule has 1 aromatic carbocycles. The van der Waals surface area contributed by atoms with Crippen LogP contribution in [0.2, 0.25) is 0 Å². The van der Waals surface area contributed by atoms with Crippen LogP contribution in [0.25, 0.3) is 10.9 Å². The third-order valence-corrected chi connectivity index (χ3v) is 3.75. The summed E-state index contributed by atoms with van der Waals surface area (Å²) in [4.78, 5) is 0. The van der Waals surface area contributed by atoms with E-state index in [1.54, 1.807) is 6.07 Å².